The molecule has 0 fully saturated rings. The van der Waals surface area contributed by atoms with Crippen LogP contribution in [0, 0.1) is 42.0 Å². The maximum absolute atomic E-state index is 14.3. The minimum atomic E-state index is -4.35. The van der Waals surface area contributed by atoms with E-state index in [1.807, 2.05) is 35.9 Å². The highest BCUT2D eigenvalue weighted by Crippen LogP contribution is 2.30. The van der Waals surface area contributed by atoms with Gasteiger partial charge in [-0.3, -0.25) is 4.79 Å². The lowest BCUT2D eigenvalue weighted by Gasteiger charge is -2.14. The molecule has 3 N–H and O–H groups in total. The Morgan fingerprint density at radius 2 is 1.69 bits per heavy atom. The van der Waals surface area contributed by atoms with Gasteiger partial charge in [-0.05, 0) is 36.8 Å². The van der Waals surface area contributed by atoms with E-state index < -0.39 is 62.6 Å². The zero-order valence-corrected chi connectivity index (χ0v) is 20.0. The minimum Gasteiger partial charge on any atom is -0.480 e. The van der Waals surface area contributed by atoms with Crippen LogP contribution >= 0.6 is 11.3 Å². The van der Waals surface area contributed by atoms with Gasteiger partial charge in [0.25, 0.3) is 10.0 Å². The van der Waals surface area contributed by atoms with E-state index in [1.54, 1.807) is 0 Å². The van der Waals surface area contributed by atoms with Gasteiger partial charge in [0.1, 0.15) is 10.3 Å². The molecule has 4 rings (SSSR count). The Hall–Kier alpha value is -3.66. The maximum atomic E-state index is 14.3. The van der Waals surface area contributed by atoms with Crippen LogP contribution in [-0.2, 0) is 21.2 Å². The SMILES string of the molecule is Cc1ccc(C#Cc2ccc(S(=O)(=O)N[C@@H](Cc3c[nH]c4c(F)c(F)c(F)c(F)c34)C(=O)O)s2)cc1. The van der Waals surface area contributed by atoms with E-state index in [9.17, 15) is 35.9 Å². The van der Waals surface area contributed by atoms with Gasteiger partial charge in [0, 0.05) is 23.6 Å². The fraction of sp³-hybridized carbons (Fsp3) is 0.125. The molecule has 0 bridgehead atoms. The van der Waals surface area contributed by atoms with Crippen molar-refractivity contribution in [2.24, 2.45) is 0 Å². The lowest BCUT2D eigenvalue weighted by Crippen LogP contribution is -2.42. The van der Waals surface area contributed by atoms with Gasteiger partial charge in [0.15, 0.2) is 23.3 Å². The van der Waals surface area contributed by atoms with Crippen molar-refractivity contribution < 1.29 is 35.9 Å². The Morgan fingerprint density at radius 1 is 1.03 bits per heavy atom. The smallest absolute Gasteiger partial charge is 0.322 e. The van der Waals surface area contributed by atoms with Crippen LogP contribution in [-0.4, -0.2) is 30.5 Å². The Labute approximate surface area is 206 Å². The van der Waals surface area contributed by atoms with Crippen molar-refractivity contribution in [3.05, 3.63) is 87.4 Å². The summed E-state index contributed by atoms with van der Waals surface area (Å²) in [7, 11) is -4.35. The van der Waals surface area contributed by atoms with E-state index >= 15 is 0 Å². The number of benzene rings is 2. The fourth-order valence-corrected chi connectivity index (χ4v) is 5.77. The predicted molar refractivity (Wildman–Crippen MR) is 125 cm³/mol. The average molecular weight is 537 g/mol. The van der Waals surface area contributed by atoms with E-state index in [4.69, 9.17) is 0 Å². The molecule has 12 heteroatoms. The van der Waals surface area contributed by atoms with Crippen molar-refractivity contribution in [1.82, 2.24) is 9.71 Å². The third-order valence-corrected chi connectivity index (χ3v) is 8.19. The number of hydrogen-bond acceptors (Lipinski definition) is 4. The number of fused-ring (bicyclic) bond motifs is 1. The van der Waals surface area contributed by atoms with Crippen molar-refractivity contribution in [2.75, 3.05) is 0 Å². The first-order valence-corrected chi connectivity index (χ1v) is 12.5. The monoisotopic (exact) mass is 536 g/mol. The topological polar surface area (TPSA) is 99.3 Å². The molecule has 0 saturated carbocycles. The number of carbonyl (C=O) groups is 1. The molecule has 0 saturated heterocycles. The Kier molecular flexibility index (Phi) is 6.90. The Balaban J connectivity index is 1.58. The van der Waals surface area contributed by atoms with Crippen molar-refractivity contribution in [1.29, 1.82) is 0 Å². The second-order valence-corrected chi connectivity index (χ2v) is 10.8. The van der Waals surface area contributed by atoms with Gasteiger partial charge in [-0.15, -0.1) is 11.3 Å². The van der Waals surface area contributed by atoms with Gasteiger partial charge < -0.3 is 10.1 Å². The highest BCUT2D eigenvalue weighted by molar-refractivity contribution is 7.91. The number of thiophene rings is 1. The van der Waals surface area contributed by atoms with Crippen LogP contribution in [0.1, 0.15) is 21.6 Å². The summed E-state index contributed by atoms with van der Waals surface area (Å²) >= 11 is 0.810. The van der Waals surface area contributed by atoms with E-state index in [0.29, 0.717) is 4.88 Å². The third kappa shape index (κ3) is 4.99. The average Bonchev–Trinajstić information content (AvgIpc) is 3.48. The van der Waals surface area contributed by atoms with Crippen LogP contribution in [0.3, 0.4) is 0 Å². The molecule has 6 nitrogen and oxygen atoms in total. The minimum absolute atomic E-state index is 0.216. The molecule has 0 aliphatic carbocycles. The van der Waals surface area contributed by atoms with Crippen molar-refractivity contribution in [3.8, 4) is 11.8 Å². The number of nitrogens with one attached hydrogen (secondary N) is 2. The van der Waals surface area contributed by atoms with E-state index in [1.165, 1.54) is 12.1 Å². The standard InChI is InChI=1S/C24H16F4N2O4S2/c1-12-2-4-13(5-3-12)6-7-15-8-9-17(35-15)36(33,34)30-16(24(31)32)10-14-11-29-23-18(14)19(25)20(26)21(27)22(23)28/h2-5,8-9,11,16,29-30H,10H2,1H3,(H,31,32)/t16-/m0/s1. The number of halogens is 4. The summed E-state index contributed by atoms with van der Waals surface area (Å²) in [6.45, 7) is 1.93. The fourth-order valence-electron chi connectivity index (χ4n) is 3.41. The number of aromatic nitrogens is 1. The molecular formula is C24H16F4N2O4S2. The molecule has 0 aliphatic rings. The number of aliphatic carboxylic acids is 1. The van der Waals surface area contributed by atoms with Gasteiger partial charge in [-0.2, -0.15) is 4.72 Å². The first kappa shape index (κ1) is 25.4. The normalized spacial score (nSPS) is 12.4. The van der Waals surface area contributed by atoms with E-state index in [-0.39, 0.29) is 9.77 Å². The molecule has 36 heavy (non-hydrogen) atoms. The third-order valence-electron chi connectivity index (χ3n) is 5.23. The summed E-state index contributed by atoms with van der Waals surface area (Å²) in [4.78, 5) is 14.4. The molecule has 0 unspecified atom stereocenters. The number of sulfonamides is 1. The molecule has 186 valence electrons. The highest BCUT2D eigenvalue weighted by atomic mass is 32.2. The molecule has 4 aromatic rings. The van der Waals surface area contributed by atoms with E-state index in [2.05, 4.69) is 16.8 Å². The first-order chi connectivity index (χ1) is 17.0. The van der Waals surface area contributed by atoms with Crippen molar-refractivity contribution >= 4 is 38.2 Å². The zero-order chi connectivity index (χ0) is 26.2. The number of carboxylic acid groups (broad SMARTS) is 1. The number of carboxylic acids is 1. The molecule has 0 spiro atoms. The lowest BCUT2D eigenvalue weighted by molar-refractivity contribution is -0.138. The molecule has 2 aromatic carbocycles. The molecule has 1 atom stereocenters. The zero-order valence-electron chi connectivity index (χ0n) is 18.3. The van der Waals surface area contributed by atoms with Crippen molar-refractivity contribution in [2.45, 2.75) is 23.6 Å². The number of aromatic amines is 1. The van der Waals surface area contributed by atoms with Gasteiger partial charge in [0.05, 0.1) is 10.4 Å². The number of hydrogen-bond donors (Lipinski definition) is 3. The maximum Gasteiger partial charge on any atom is 0.322 e. The number of aryl methyl sites for hydroxylation is 1. The van der Waals surface area contributed by atoms with Crippen LogP contribution in [0.4, 0.5) is 17.6 Å². The summed E-state index contributed by atoms with van der Waals surface area (Å²) in [5.74, 6) is -3.37. The first-order valence-electron chi connectivity index (χ1n) is 10.2. The van der Waals surface area contributed by atoms with Crippen LogP contribution in [0.15, 0.2) is 46.8 Å². The second kappa shape index (κ2) is 9.77. The summed E-state index contributed by atoms with van der Waals surface area (Å²) < 4.78 is 82.9. The lowest BCUT2D eigenvalue weighted by atomic mass is 10.0. The van der Waals surface area contributed by atoms with Gasteiger partial charge >= 0.3 is 5.97 Å². The van der Waals surface area contributed by atoms with Crippen LogP contribution in [0.5, 0.6) is 0 Å². The highest BCUT2D eigenvalue weighted by Gasteiger charge is 2.30. The van der Waals surface area contributed by atoms with Crippen LogP contribution < -0.4 is 4.72 Å². The largest absolute Gasteiger partial charge is 0.480 e. The molecule has 0 radical (unpaired) electrons. The van der Waals surface area contributed by atoms with E-state index in [0.717, 1.165) is 28.7 Å². The molecule has 2 aromatic heterocycles. The second-order valence-electron chi connectivity index (χ2n) is 7.77. The summed E-state index contributed by atoms with van der Waals surface area (Å²) in [5, 5.41) is 8.85. The Bertz CT molecular complexity index is 1650. The summed E-state index contributed by atoms with van der Waals surface area (Å²) in [5.41, 5.74) is 0.817. The van der Waals surface area contributed by atoms with Gasteiger partial charge in [0.2, 0.25) is 0 Å². The summed E-state index contributed by atoms with van der Waals surface area (Å²) in [6.07, 6.45) is 0.283. The molecule has 0 aliphatic heterocycles. The molecular weight excluding hydrogens is 520 g/mol. The van der Waals surface area contributed by atoms with Gasteiger partial charge in [-0.1, -0.05) is 29.5 Å². The van der Waals surface area contributed by atoms with Crippen LogP contribution in [0.2, 0.25) is 0 Å². The van der Waals surface area contributed by atoms with Crippen molar-refractivity contribution in [3.63, 3.8) is 0 Å². The van der Waals surface area contributed by atoms with Crippen LogP contribution in [0.25, 0.3) is 10.9 Å². The Morgan fingerprint density at radius 3 is 2.36 bits per heavy atom. The number of H-pyrrole nitrogens is 1. The quantitative estimate of drug-likeness (QED) is 0.147. The predicted octanol–water partition coefficient (Wildman–Crippen LogP) is 4.47. The molecule has 0 amide bonds. The summed E-state index contributed by atoms with van der Waals surface area (Å²) in [6, 6.07) is 8.27. The molecule has 2 heterocycles. The number of rotatable bonds is 6. The van der Waals surface area contributed by atoms with Gasteiger partial charge in [-0.25, -0.2) is 26.0 Å².